The Bertz CT molecular complexity index is 1970. The van der Waals surface area contributed by atoms with Gasteiger partial charge in [-0.15, -0.1) is 0 Å². The maximum atomic E-state index is 14.0. The average Bonchev–Trinajstić information content (AvgIpc) is 3.75. The van der Waals surface area contributed by atoms with Gasteiger partial charge in [0.2, 0.25) is 11.8 Å². The van der Waals surface area contributed by atoms with Crippen molar-refractivity contribution in [3.63, 3.8) is 0 Å². The van der Waals surface area contributed by atoms with Gasteiger partial charge in [0.1, 0.15) is 17.4 Å². The van der Waals surface area contributed by atoms with Crippen molar-refractivity contribution in [1.29, 1.82) is 0 Å². The fourth-order valence-corrected chi connectivity index (χ4v) is 7.91. The van der Waals surface area contributed by atoms with Crippen LogP contribution in [0.2, 0.25) is 0 Å². The minimum atomic E-state index is -0.887. The fraction of sp³-hybridized carbons (Fsp3) is 0.372. The lowest BCUT2D eigenvalue weighted by Gasteiger charge is -2.47. The highest BCUT2D eigenvalue weighted by atomic mass is 16.3. The van der Waals surface area contributed by atoms with E-state index in [0.29, 0.717) is 39.0 Å². The van der Waals surface area contributed by atoms with Gasteiger partial charge in [-0.1, -0.05) is 84.9 Å². The van der Waals surface area contributed by atoms with Gasteiger partial charge < -0.3 is 25.3 Å². The maximum absolute atomic E-state index is 14.0. The number of aliphatic hydroxyl groups excluding tert-OH is 2. The molecule has 1 aliphatic carbocycles. The molecule has 0 bridgehead atoms. The normalized spacial score (nSPS) is 20.5. The number of nitrogens with zero attached hydrogens (tertiary/aromatic N) is 3. The van der Waals surface area contributed by atoms with Crippen LogP contribution in [0, 0.1) is 5.92 Å². The number of benzene rings is 3. The van der Waals surface area contributed by atoms with Crippen LogP contribution in [-0.4, -0.2) is 81.2 Å². The van der Waals surface area contributed by atoms with E-state index in [4.69, 9.17) is 4.42 Å². The molecule has 10 nitrogen and oxygen atoms in total. The minimum absolute atomic E-state index is 0.122. The number of rotatable bonds is 13. The number of hydrogen-bond acceptors (Lipinski definition) is 8. The van der Waals surface area contributed by atoms with Crippen molar-refractivity contribution in [3.05, 3.63) is 137 Å². The summed E-state index contributed by atoms with van der Waals surface area (Å²) in [6.45, 7) is 6.42. The van der Waals surface area contributed by atoms with E-state index in [1.54, 1.807) is 12.4 Å². The molecule has 276 valence electrons. The number of fused-ring (bicyclic) bond motifs is 2. The van der Waals surface area contributed by atoms with E-state index in [0.717, 1.165) is 39.0 Å². The van der Waals surface area contributed by atoms with E-state index in [2.05, 4.69) is 39.3 Å². The van der Waals surface area contributed by atoms with E-state index in [-0.39, 0.29) is 24.8 Å². The molecule has 5 atom stereocenters. The second-order valence-electron chi connectivity index (χ2n) is 15.0. The molecule has 0 spiro atoms. The van der Waals surface area contributed by atoms with E-state index in [1.807, 2.05) is 97.1 Å². The van der Waals surface area contributed by atoms with E-state index in [9.17, 15) is 19.8 Å². The predicted molar refractivity (Wildman–Crippen MR) is 204 cm³/mol. The van der Waals surface area contributed by atoms with Crippen molar-refractivity contribution in [2.45, 2.75) is 69.5 Å². The number of hydrogen-bond donors (Lipinski definition) is 4. The van der Waals surface area contributed by atoms with E-state index in [1.165, 1.54) is 0 Å². The smallest absolute Gasteiger partial charge is 0.238 e. The molecule has 3 heterocycles. The van der Waals surface area contributed by atoms with Crippen LogP contribution in [0.25, 0.3) is 11.0 Å². The second kappa shape index (κ2) is 16.0. The molecule has 2 aromatic heterocycles. The average molecular weight is 716 g/mol. The van der Waals surface area contributed by atoms with Gasteiger partial charge >= 0.3 is 0 Å². The summed E-state index contributed by atoms with van der Waals surface area (Å²) >= 11 is 0. The molecule has 1 saturated heterocycles. The second-order valence-corrected chi connectivity index (χ2v) is 15.0. The largest absolute Gasteiger partial charge is 0.459 e. The molecule has 0 saturated carbocycles. The summed E-state index contributed by atoms with van der Waals surface area (Å²) in [6, 6.07) is 30.2. The van der Waals surface area contributed by atoms with Crippen molar-refractivity contribution < 1.29 is 24.2 Å². The van der Waals surface area contributed by atoms with Crippen LogP contribution in [0.15, 0.2) is 114 Å². The number of amides is 2. The van der Waals surface area contributed by atoms with Gasteiger partial charge in [0.15, 0.2) is 0 Å². The summed E-state index contributed by atoms with van der Waals surface area (Å²) in [5.41, 5.74) is 4.19. The molecule has 1 fully saturated rings. The molecule has 1 aliphatic heterocycles. The van der Waals surface area contributed by atoms with Crippen LogP contribution in [0.5, 0.6) is 0 Å². The number of pyridine rings is 1. The Morgan fingerprint density at radius 2 is 1.68 bits per heavy atom. The van der Waals surface area contributed by atoms with Gasteiger partial charge in [-0.3, -0.25) is 24.4 Å². The first kappa shape index (κ1) is 36.5. The SMILES string of the molecule is CC(C)(c1cc2cnccc2o1)N1CCN(C[C@@H](O)C[C@@H](Cc2ccccc2)C(=O)N[C@H]2c3ccccc3C[C@H]2O)[C@H](C(=O)NCc2ccccc2)C1. The molecule has 4 N–H and O–H groups in total. The molecular weight excluding hydrogens is 667 g/mol. The highest BCUT2D eigenvalue weighted by molar-refractivity contribution is 5.82. The lowest BCUT2D eigenvalue weighted by Crippen LogP contribution is -2.63. The molecule has 7 rings (SSSR count). The van der Waals surface area contributed by atoms with Crippen molar-refractivity contribution >= 4 is 22.8 Å². The number of furan rings is 1. The molecular formula is C43H49N5O5. The van der Waals surface area contributed by atoms with Gasteiger partial charge in [-0.25, -0.2) is 0 Å². The molecule has 3 aromatic carbocycles. The summed E-state index contributed by atoms with van der Waals surface area (Å²) in [4.78, 5) is 36.6. The summed E-state index contributed by atoms with van der Waals surface area (Å²) in [5.74, 6) is -0.0936. The van der Waals surface area contributed by atoms with Gasteiger partial charge in [0.05, 0.1) is 23.8 Å². The highest BCUT2D eigenvalue weighted by Gasteiger charge is 2.41. The number of aliphatic hydroxyl groups is 2. The monoisotopic (exact) mass is 715 g/mol. The quantitative estimate of drug-likeness (QED) is 0.138. The fourth-order valence-electron chi connectivity index (χ4n) is 7.91. The van der Waals surface area contributed by atoms with Crippen LogP contribution in [0.4, 0.5) is 0 Å². The summed E-state index contributed by atoms with van der Waals surface area (Å²) in [6.07, 6.45) is 3.01. The van der Waals surface area contributed by atoms with Crippen molar-refractivity contribution in [2.75, 3.05) is 26.2 Å². The molecule has 5 aromatic rings. The van der Waals surface area contributed by atoms with Gasteiger partial charge in [0.25, 0.3) is 0 Å². The number of nitrogens with one attached hydrogen (secondary N) is 2. The van der Waals surface area contributed by atoms with Crippen molar-refractivity contribution in [3.8, 4) is 0 Å². The number of β-amino-alcohol motifs (C(OH)–C–C–N with tert-alkyl or cyclic N) is 1. The number of piperazine rings is 1. The topological polar surface area (TPSA) is 131 Å². The van der Waals surface area contributed by atoms with Crippen LogP contribution >= 0.6 is 0 Å². The molecule has 0 radical (unpaired) electrons. The van der Waals surface area contributed by atoms with Gasteiger partial charge in [-0.2, -0.15) is 0 Å². The molecule has 2 aliphatic rings. The standard InChI is InChI=1S/C43H49N5O5/c1-43(2,39-24-33-26-44-18-17-38(33)53-39)48-20-19-47(36(28-48)42(52)45-25-30-13-7-4-8-14-30)27-34(49)22-32(21-29-11-5-3-6-12-29)41(51)46-40-35-16-10-9-15-31(35)23-37(40)50/h3-18,24,26,32,34,36-37,40,49-50H,19-23,25,27-28H2,1-2H3,(H,45,52)(H,46,51)/t32-,34+,36+,37-,40+/m1/s1. The Morgan fingerprint density at radius 1 is 0.962 bits per heavy atom. The number of carbonyl (C=O) groups is 2. The first-order valence-corrected chi connectivity index (χ1v) is 18.6. The minimum Gasteiger partial charge on any atom is -0.459 e. The molecule has 0 unspecified atom stereocenters. The number of aromatic nitrogens is 1. The third-order valence-electron chi connectivity index (χ3n) is 11.0. The summed E-state index contributed by atoms with van der Waals surface area (Å²) in [5, 5.41) is 29.8. The molecule has 53 heavy (non-hydrogen) atoms. The maximum Gasteiger partial charge on any atom is 0.238 e. The lowest BCUT2D eigenvalue weighted by atomic mass is 9.91. The van der Waals surface area contributed by atoms with Crippen LogP contribution < -0.4 is 10.6 Å². The third-order valence-corrected chi connectivity index (χ3v) is 11.0. The van der Waals surface area contributed by atoms with E-state index >= 15 is 0 Å². The van der Waals surface area contributed by atoms with Crippen LogP contribution in [0.3, 0.4) is 0 Å². The summed E-state index contributed by atoms with van der Waals surface area (Å²) in [7, 11) is 0. The van der Waals surface area contributed by atoms with Crippen LogP contribution in [-0.2, 0) is 34.5 Å². The van der Waals surface area contributed by atoms with Crippen molar-refractivity contribution in [1.82, 2.24) is 25.4 Å². The van der Waals surface area contributed by atoms with Crippen molar-refractivity contribution in [2.24, 2.45) is 5.92 Å². The summed E-state index contributed by atoms with van der Waals surface area (Å²) < 4.78 is 6.28. The Morgan fingerprint density at radius 3 is 2.43 bits per heavy atom. The first-order chi connectivity index (χ1) is 25.7. The van der Waals surface area contributed by atoms with Gasteiger partial charge in [0, 0.05) is 62.8 Å². The first-order valence-electron chi connectivity index (χ1n) is 18.6. The van der Waals surface area contributed by atoms with Crippen LogP contribution in [0.1, 0.15) is 54.3 Å². The zero-order valence-corrected chi connectivity index (χ0v) is 30.4. The molecule has 2 amide bonds. The lowest BCUT2D eigenvalue weighted by molar-refractivity contribution is -0.132. The molecule has 10 heteroatoms. The highest BCUT2D eigenvalue weighted by Crippen LogP contribution is 2.35. The van der Waals surface area contributed by atoms with E-state index < -0.39 is 35.7 Å². The Kier molecular flexibility index (Phi) is 11.0. The Labute approximate surface area is 310 Å². The van der Waals surface area contributed by atoms with Gasteiger partial charge in [-0.05, 0) is 61.1 Å². The Balaban J connectivity index is 1.08. The predicted octanol–water partition coefficient (Wildman–Crippen LogP) is 4.75. The zero-order valence-electron chi connectivity index (χ0n) is 30.4. The zero-order chi connectivity index (χ0) is 37.0. The Hall–Kier alpha value is -4.87. The number of carbonyl (C=O) groups excluding carboxylic acids is 2. The third kappa shape index (κ3) is 8.36.